The molecular weight excluding hydrogens is 749 g/mol. The van der Waals surface area contributed by atoms with Crippen molar-refractivity contribution < 1.29 is 61.4 Å². The second-order valence-electron chi connectivity index (χ2n) is 12.3. The minimum Gasteiger partial charge on any atom is -0.741 e. The third kappa shape index (κ3) is 9.04. The van der Waals surface area contributed by atoms with Crippen molar-refractivity contribution in [2.75, 3.05) is 19.0 Å². The van der Waals surface area contributed by atoms with Gasteiger partial charge in [-0.3, -0.25) is 0 Å². The van der Waals surface area contributed by atoms with Gasteiger partial charge in [0, 0.05) is 56.9 Å². The number of aromatic nitrogens is 2. The van der Waals surface area contributed by atoms with Crippen molar-refractivity contribution in [2.45, 2.75) is 36.9 Å². The Morgan fingerprint density at radius 3 is 1.66 bits per heavy atom. The summed E-state index contributed by atoms with van der Waals surface area (Å²) < 4.78 is 123. The molecule has 2 aromatic heterocycles. The van der Waals surface area contributed by atoms with Gasteiger partial charge in [-0.1, -0.05) is 42.5 Å². The van der Waals surface area contributed by atoms with Crippen LogP contribution in [0, 0.1) is 0 Å². The number of pyridine rings is 2. The van der Waals surface area contributed by atoms with Crippen molar-refractivity contribution in [1.82, 2.24) is 0 Å². The van der Waals surface area contributed by atoms with Gasteiger partial charge in [0.2, 0.25) is 11.4 Å². The summed E-state index contributed by atoms with van der Waals surface area (Å²) in [4.78, 5) is 2.15. The predicted molar refractivity (Wildman–Crippen MR) is 184 cm³/mol. The topological polar surface area (TPSA) is 125 Å². The van der Waals surface area contributed by atoms with Crippen LogP contribution in [0.3, 0.4) is 0 Å². The first kappa shape index (κ1) is 39.4. The fourth-order valence-corrected chi connectivity index (χ4v) is 5.96. The van der Waals surface area contributed by atoms with Crippen molar-refractivity contribution in [3.05, 3.63) is 114 Å². The molecular formula is C36H31F6N3O6S2. The number of benzene rings is 3. The molecule has 280 valence electrons. The molecule has 0 atom stereocenters. The number of fused-ring (bicyclic) bond motifs is 8. The molecule has 3 aromatic carbocycles. The normalized spacial score (nSPS) is 13.8. The maximum atomic E-state index is 10.7. The van der Waals surface area contributed by atoms with Gasteiger partial charge in [0.1, 0.15) is 0 Å². The molecule has 53 heavy (non-hydrogen) atoms. The van der Waals surface area contributed by atoms with Crippen LogP contribution in [0.1, 0.15) is 22.3 Å². The molecule has 2 aliphatic heterocycles. The fourth-order valence-electron chi connectivity index (χ4n) is 5.96. The summed E-state index contributed by atoms with van der Waals surface area (Å²) in [6.45, 7) is 2.08. The Balaban J connectivity index is 0.000000285. The number of halogens is 6. The van der Waals surface area contributed by atoms with E-state index in [1.54, 1.807) is 0 Å². The highest BCUT2D eigenvalue weighted by Gasteiger charge is 2.38. The third-order valence-electron chi connectivity index (χ3n) is 8.53. The number of aryl methyl sites for hydroxylation is 4. The Bertz CT molecular complexity index is 2390. The molecule has 0 N–H and O–H groups in total. The SMILES string of the molecule is CN(C)c1ccc2cc(C=Cc3cc[n+]4c(c3)-c3c(ccc5c3-c3cccc[n+]3CC5)CC4)ccc2c1.O=S(=O)([O-])C(F)(F)F.O=S(=O)([O-])C(F)(F)F. The Morgan fingerprint density at radius 2 is 1.11 bits per heavy atom. The summed E-state index contributed by atoms with van der Waals surface area (Å²) in [7, 11) is -8.01. The van der Waals surface area contributed by atoms with Gasteiger partial charge in [-0.2, -0.15) is 35.5 Å². The predicted octanol–water partition coefficient (Wildman–Crippen LogP) is 6.20. The van der Waals surface area contributed by atoms with Crippen LogP contribution >= 0.6 is 0 Å². The minimum absolute atomic E-state index is 1.03. The standard InChI is InChI=1S/C34H31N3.2CHF3O3S/c1-35(2)30-13-12-28-21-24(8-9-29(28)23-30)6-7-25-14-18-37-20-16-27-11-10-26-15-19-36-17-4-3-5-31(36)33(26)34(27)32(37)22-25;2*2-1(3,4)8(5,6)7/h3-14,17-18,21-23H,15-16,19-20H2,1-2H3;2*(H,5,6,7)/q+2;;/p-2. The van der Waals surface area contributed by atoms with Gasteiger partial charge in [-0.05, 0) is 57.3 Å². The van der Waals surface area contributed by atoms with E-state index in [4.69, 9.17) is 25.9 Å². The Kier molecular flexibility index (Phi) is 11.1. The molecule has 0 fully saturated rings. The summed E-state index contributed by atoms with van der Waals surface area (Å²) in [5, 5.41) is 2.54. The zero-order valence-electron chi connectivity index (χ0n) is 28.0. The zero-order valence-corrected chi connectivity index (χ0v) is 29.7. The van der Waals surface area contributed by atoms with E-state index in [0.717, 1.165) is 25.9 Å². The van der Waals surface area contributed by atoms with Gasteiger partial charge >= 0.3 is 11.0 Å². The first-order chi connectivity index (χ1) is 24.6. The van der Waals surface area contributed by atoms with Crippen LogP contribution in [-0.2, 0) is 46.2 Å². The highest BCUT2D eigenvalue weighted by atomic mass is 32.2. The minimum atomic E-state index is -6.09. The van der Waals surface area contributed by atoms with Gasteiger partial charge < -0.3 is 14.0 Å². The van der Waals surface area contributed by atoms with E-state index < -0.39 is 31.3 Å². The van der Waals surface area contributed by atoms with Gasteiger partial charge in [-0.15, -0.1) is 0 Å². The molecule has 17 heteroatoms. The molecule has 0 unspecified atom stereocenters. The van der Waals surface area contributed by atoms with Crippen molar-refractivity contribution in [3.8, 4) is 22.5 Å². The molecule has 5 aromatic rings. The number of anilines is 1. The van der Waals surface area contributed by atoms with E-state index in [1.165, 1.54) is 61.2 Å². The van der Waals surface area contributed by atoms with Crippen molar-refractivity contribution in [3.63, 3.8) is 0 Å². The van der Waals surface area contributed by atoms with Crippen LogP contribution in [0.25, 0.3) is 45.4 Å². The van der Waals surface area contributed by atoms with E-state index in [1.807, 2.05) is 0 Å². The molecule has 4 heterocycles. The van der Waals surface area contributed by atoms with E-state index in [2.05, 4.69) is 132 Å². The first-order valence-electron chi connectivity index (χ1n) is 15.7. The maximum Gasteiger partial charge on any atom is 0.485 e. The van der Waals surface area contributed by atoms with E-state index in [-0.39, 0.29) is 0 Å². The quantitative estimate of drug-likeness (QED) is 0.0925. The summed E-state index contributed by atoms with van der Waals surface area (Å²) in [6.07, 6.45) is 11.1. The summed E-state index contributed by atoms with van der Waals surface area (Å²) in [5.41, 5.74) is 0.820. The lowest BCUT2D eigenvalue weighted by Crippen LogP contribution is -2.43. The van der Waals surface area contributed by atoms with Crippen LogP contribution in [-0.4, -0.2) is 51.1 Å². The monoisotopic (exact) mass is 779 g/mol. The van der Waals surface area contributed by atoms with Crippen LogP contribution in [0.5, 0.6) is 0 Å². The number of hydrogen-bond donors (Lipinski definition) is 0. The van der Waals surface area contributed by atoms with Gasteiger partial charge in [-0.25, -0.2) is 16.8 Å². The fraction of sp³-hybridized carbons (Fsp3) is 0.222. The van der Waals surface area contributed by atoms with Crippen molar-refractivity contribution >= 4 is 48.8 Å². The van der Waals surface area contributed by atoms with Crippen LogP contribution in [0.2, 0.25) is 0 Å². The molecule has 0 radical (unpaired) electrons. The zero-order chi connectivity index (χ0) is 38.9. The first-order valence-corrected chi connectivity index (χ1v) is 18.6. The largest absolute Gasteiger partial charge is 0.741 e. The Morgan fingerprint density at radius 1 is 0.623 bits per heavy atom. The molecule has 9 nitrogen and oxygen atoms in total. The van der Waals surface area contributed by atoms with Gasteiger partial charge in [0.15, 0.2) is 45.7 Å². The lowest BCUT2D eigenvalue weighted by molar-refractivity contribution is -0.689. The molecule has 0 saturated carbocycles. The van der Waals surface area contributed by atoms with E-state index >= 15 is 0 Å². The lowest BCUT2D eigenvalue weighted by Gasteiger charge is -2.22. The second-order valence-corrected chi connectivity index (χ2v) is 15.0. The number of hydrogen-bond acceptors (Lipinski definition) is 7. The highest BCUT2D eigenvalue weighted by molar-refractivity contribution is 7.86. The molecule has 7 rings (SSSR count). The molecule has 0 aliphatic carbocycles. The van der Waals surface area contributed by atoms with Crippen LogP contribution < -0.4 is 14.0 Å². The molecule has 2 aliphatic rings. The second kappa shape index (κ2) is 14.9. The maximum absolute atomic E-state index is 10.7. The van der Waals surface area contributed by atoms with Gasteiger partial charge in [0.05, 0.1) is 11.1 Å². The van der Waals surface area contributed by atoms with E-state index in [0.29, 0.717) is 0 Å². The van der Waals surface area contributed by atoms with Crippen molar-refractivity contribution in [2.24, 2.45) is 0 Å². The Labute approximate surface area is 301 Å². The van der Waals surface area contributed by atoms with Crippen LogP contribution in [0.4, 0.5) is 32.0 Å². The summed E-state index contributed by atoms with van der Waals surface area (Å²) >= 11 is 0. The number of rotatable bonds is 3. The smallest absolute Gasteiger partial charge is 0.485 e. The van der Waals surface area contributed by atoms with Crippen molar-refractivity contribution in [1.29, 1.82) is 0 Å². The number of alkyl halides is 6. The summed E-state index contributed by atoms with van der Waals surface area (Å²) in [5.74, 6) is 0. The molecule has 0 bridgehead atoms. The Hall–Kier alpha value is -4.84. The number of nitrogens with zero attached hydrogens (tertiary/aromatic N) is 3. The average Bonchev–Trinajstić information content (AvgIpc) is 3.08. The average molecular weight is 780 g/mol. The molecule has 0 amide bonds. The lowest BCUT2D eigenvalue weighted by atomic mass is 9.85. The third-order valence-corrected chi connectivity index (χ3v) is 9.67. The van der Waals surface area contributed by atoms with Gasteiger partial charge in [0.25, 0.3) is 0 Å². The molecule has 0 saturated heterocycles. The van der Waals surface area contributed by atoms with E-state index in [9.17, 15) is 26.3 Å². The highest BCUT2D eigenvalue weighted by Crippen LogP contribution is 2.39. The molecule has 0 spiro atoms. The van der Waals surface area contributed by atoms with Crippen LogP contribution in [0.15, 0.2) is 91.3 Å². The summed E-state index contributed by atoms with van der Waals surface area (Å²) in [6, 6.07) is 29.3.